The third-order valence-corrected chi connectivity index (χ3v) is 2.69. The first-order valence-corrected chi connectivity index (χ1v) is 5.79. The lowest BCUT2D eigenvalue weighted by molar-refractivity contribution is 0.235. The molecule has 0 radical (unpaired) electrons. The number of nitriles is 1. The summed E-state index contributed by atoms with van der Waals surface area (Å²) in [5, 5.41) is 18.2. The molecule has 4 heteroatoms. The summed E-state index contributed by atoms with van der Waals surface area (Å²) in [4.78, 5) is 4.28. The Kier molecular flexibility index (Phi) is 3.91. The van der Waals surface area contributed by atoms with Crippen molar-refractivity contribution in [2.75, 3.05) is 0 Å². The fourth-order valence-electron chi connectivity index (χ4n) is 1.65. The van der Waals surface area contributed by atoms with Gasteiger partial charge in [0.1, 0.15) is 6.07 Å². The zero-order valence-corrected chi connectivity index (χ0v) is 10.5. The highest BCUT2D eigenvalue weighted by Gasteiger charge is 2.04. The maximum Gasteiger partial charge on any atom is 0.157 e. The summed E-state index contributed by atoms with van der Waals surface area (Å²) >= 11 is 0. The van der Waals surface area contributed by atoms with Gasteiger partial charge in [-0.15, -0.1) is 0 Å². The van der Waals surface area contributed by atoms with Crippen LogP contribution in [0.3, 0.4) is 0 Å². The molecule has 2 aromatic rings. The molecule has 0 unspecified atom stereocenters. The summed E-state index contributed by atoms with van der Waals surface area (Å²) in [6, 6.07) is 16.6. The van der Waals surface area contributed by atoms with E-state index < -0.39 is 0 Å². The molecule has 19 heavy (non-hydrogen) atoms. The maximum absolute atomic E-state index is 9.21. The van der Waals surface area contributed by atoms with Crippen LogP contribution in [0.1, 0.15) is 16.7 Å². The summed E-state index contributed by atoms with van der Waals surface area (Å²) in [5.74, 6) is 0.308. The minimum Gasteiger partial charge on any atom is -0.290 e. The summed E-state index contributed by atoms with van der Waals surface area (Å²) in [6.07, 6.45) is 0. The molecule has 94 valence electrons. The number of rotatable bonds is 2. The van der Waals surface area contributed by atoms with Gasteiger partial charge in [0.05, 0.1) is 11.3 Å². The largest absolute Gasteiger partial charge is 0.290 e. The van der Waals surface area contributed by atoms with Gasteiger partial charge in [0.2, 0.25) is 0 Å². The van der Waals surface area contributed by atoms with Crippen LogP contribution >= 0.6 is 0 Å². The van der Waals surface area contributed by atoms with Gasteiger partial charge in [-0.25, -0.2) is 4.99 Å². The fourth-order valence-corrected chi connectivity index (χ4v) is 1.65. The van der Waals surface area contributed by atoms with Crippen molar-refractivity contribution in [3.63, 3.8) is 0 Å². The normalized spacial score (nSPS) is 10.9. The van der Waals surface area contributed by atoms with Gasteiger partial charge in [0.15, 0.2) is 5.84 Å². The molecule has 0 spiro atoms. The molecule has 0 saturated carbocycles. The highest BCUT2D eigenvalue weighted by molar-refractivity contribution is 5.99. The topological polar surface area (TPSA) is 68.4 Å². The lowest BCUT2D eigenvalue weighted by Crippen LogP contribution is -2.19. The monoisotopic (exact) mass is 251 g/mol. The molecular weight excluding hydrogens is 238 g/mol. The van der Waals surface area contributed by atoms with Gasteiger partial charge in [0, 0.05) is 5.56 Å². The zero-order valence-electron chi connectivity index (χ0n) is 10.5. The summed E-state index contributed by atoms with van der Waals surface area (Å²) in [6.45, 7) is 1.98. The molecule has 2 rings (SSSR count). The van der Waals surface area contributed by atoms with Crippen LogP contribution in [0, 0.1) is 18.3 Å². The number of nitrogens with one attached hydrogen (secondary N) is 1. The van der Waals surface area contributed by atoms with Crippen LogP contribution < -0.4 is 5.48 Å². The molecule has 0 bridgehead atoms. The lowest BCUT2D eigenvalue weighted by atomic mass is 10.1. The average molecular weight is 251 g/mol. The number of hydrogen-bond donors (Lipinski definition) is 2. The maximum atomic E-state index is 9.21. The van der Waals surface area contributed by atoms with Crippen molar-refractivity contribution in [1.82, 2.24) is 5.48 Å². The first-order valence-electron chi connectivity index (χ1n) is 5.79. The molecule has 0 fully saturated rings. The summed E-state index contributed by atoms with van der Waals surface area (Å²) < 4.78 is 0. The third kappa shape index (κ3) is 2.97. The molecule has 0 aliphatic heterocycles. The van der Waals surface area contributed by atoms with Crippen LogP contribution in [0.25, 0.3) is 0 Å². The average Bonchev–Trinajstić information content (AvgIpc) is 2.46. The molecule has 0 aliphatic rings. The second kappa shape index (κ2) is 5.80. The van der Waals surface area contributed by atoms with Crippen molar-refractivity contribution in [1.29, 1.82) is 5.26 Å². The van der Waals surface area contributed by atoms with Crippen LogP contribution in [0.5, 0.6) is 0 Å². The van der Waals surface area contributed by atoms with E-state index in [0.717, 1.165) is 11.1 Å². The molecule has 4 nitrogen and oxygen atoms in total. The molecule has 0 aromatic heterocycles. The van der Waals surface area contributed by atoms with Crippen molar-refractivity contribution in [3.05, 3.63) is 65.2 Å². The minimum atomic E-state index is 0.308. The van der Waals surface area contributed by atoms with Gasteiger partial charge < -0.3 is 0 Å². The smallest absolute Gasteiger partial charge is 0.157 e. The van der Waals surface area contributed by atoms with E-state index in [1.54, 1.807) is 24.3 Å². The predicted molar refractivity (Wildman–Crippen MR) is 73.5 cm³/mol. The summed E-state index contributed by atoms with van der Waals surface area (Å²) in [7, 11) is 0. The van der Waals surface area contributed by atoms with Gasteiger partial charge >= 0.3 is 0 Å². The van der Waals surface area contributed by atoms with Gasteiger partial charge in [-0.3, -0.25) is 10.7 Å². The second-order valence-electron chi connectivity index (χ2n) is 4.07. The van der Waals surface area contributed by atoms with E-state index >= 15 is 0 Å². The molecule has 2 aromatic carbocycles. The zero-order chi connectivity index (χ0) is 13.7. The van der Waals surface area contributed by atoms with E-state index in [0.29, 0.717) is 17.1 Å². The van der Waals surface area contributed by atoms with Crippen LogP contribution in [0.4, 0.5) is 5.69 Å². The first kappa shape index (κ1) is 12.8. The number of hydroxylamine groups is 1. The van der Waals surface area contributed by atoms with E-state index in [2.05, 4.69) is 16.5 Å². The number of nitrogens with zero attached hydrogens (tertiary/aromatic N) is 2. The first-order chi connectivity index (χ1) is 9.24. The van der Waals surface area contributed by atoms with Gasteiger partial charge in [0.25, 0.3) is 0 Å². The predicted octanol–water partition coefficient (Wildman–Crippen LogP) is 2.92. The Morgan fingerprint density at radius 2 is 1.84 bits per heavy atom. The van der Waals surface area contributed by atoms with E-state index in [4.69, 9.17) is 5.26 Å². The van der Waals surface area contributed by atoms with E-state index in [1.807, 2.05) is 31.2 Å². The van der Waals surface area contributed by atoms with Crippen LogP contribution in [-0.2, 0) is 0 Å². The van der Waals surface area contributed by atoms with Crippen LogP contribution in [0.2, 0.25) is 0 Å². The lowest BCUT2D eigenvalue weighted by Gasteiger charge is -2.06. The van der Waals surface area contributed by atoms with E-state index in [-0.39, 0.29) is 0 Å². The van der Waals surface area contributed by atoms with E-state index in [9.17, 15) is 5.21 Å². The summed E-state index contributed by atoms with van der Waals surface area (Å²) in [5.41, 5.74) is 4.93. The fraction of sp³-hybridized carbons (Fsp3) is 0.0667. The van der Waals surface area contributed by atoms with Gasteiger partial charge in [-0.2, -0.15) is 5.26 Å². The standard InChI is InChI=1S/C15H13N3O/c1-11-6-8-12(9-7-11)15(18-19)17-14-5-3-2-4-13(14)10-16/h2-9,19H,1H3,(H,17,18). The van der Waals surface area contributed by atoms with Gasteiger partial charge in [-0.05, 0) is 19.1 Å². The number of aryl methyl sites for hydroxylation is 1. The third-order valence-electron chi connectivity index (χ3n) is 2.69. The molecule has 0 saturated heterocycles. The van der Waals surface area contributed by atoms with E-state index in [1.165, 1.54) is 0 Å². The Morgan fingerprint density at radius 3 is 2.47 bits per heavy atom. The number of benzene rings is 2. The van der Waals surface area contributed by atoms with Gasteiger partial charge in [-0.1, -0.05) is 42.0 Å². The second-order valence-corrected chi connectivity index (χ2v) is 4.07. The minimum absolute atomic E-state index is 0.308. The molecule has 0 heterocycles. The molecule has 0 atom stereocenters. The number of amidine groups is 1. The molecular formula is C15H13N3O. The molecule has 0 aliphatic carbocycles. The van der Waals surface area contributed by atoms with Crippen molar-refractivity contribution in [2.24, 2.45) is 4.99 Å². The Bertz CT molecular complexity index is 639. The number of para-hydroxylation sites is 1. The SMILES string of the molecule is Cc1ccc(C(=Nc2ccccc2C#N)NO)cc1. The number of hydrogen-bond acceptors (Lipinski definition) is 3. The van der Waals surface area contributed by atoms with Crippen molar-refractivity contribution in [3.8, 4) is 6.07 Å². The van der Waals surface area contributed by atoms with Crippen molar-refractivity contribution in [2.45, 2.75) is 6.92 Å². The molecule has 2 N–H and O–H groups in total. The highest BCUT2D eigenvalue weighted by atomic mass is 16.5. The Balaban J connectivity index is 2.44. The molecule has 0 amide bonds. The van der Waals surface area contributed by atoms with Crippen LogP contribution in [0.15, 0.2) is 53.5 Å². The Morgan fingerprint density at radius 1 is 1.16 bits per heavy atom. The quantitative estimate of drug-likeness (QED) is 0.490. The van der Waals surface area contributed by atoms with Crippen molar-refractivity contribution < 1.29 is 5.21 Å². The highest BCUT2D eigenvalue weighted by Crippen LogP contribution is 2.18. The number of aliphatic imine (C=N–C) groups is 1. The van der Waals surface area contributed by atoms with Crippen molar-refractivity contribution >= 4 is 11.5 Å². The Hall–Kier alpha value is -2.64. The Labute approximate surface area is 111 Å². The van der Waals surface area contributed by atoms with Crippen LogP contribution in [-0.4, -0.2) is 11.0 Å².